The first-order chi connectivity index (χ1) is 6.29. The minimum atomic E-state index is 0.873. The van der Waals surface area contributed by atoms with E-state index >= 15 is 0 Å². The Hall–Kier alpha value is -1.16. The van der Waals surface area contributed by atoms with Gasteiger partial charge in [-0.05, 0) is 35.0 Å². The van der Waals surface area contributed by atoms with Crippen molar-refractivity contribution >= 4 is 15.9 Å². The fourth-order valence-electron chi connectivity index (χ4n) is 1.16. The van der Waals surface area contributed by atoms with Crippen LogP contribution in [-0.2, 0) is 0 Å². The molecule has 2 rings (SSSR count). The topological polar surface area (TPSA) is 30.7 Å². The number of hydrogen-bond donors (Lipinski definition) is 0. The number of nitrogens with zero attached hydrogens (tertiary/aromatic N) is 3. The first-order valence-electron chi connectivity index (χ1n) is 3.90. The number of imidazole rings is 1. The van der Waals surface area contributed by atoms with E-state index in [2.05, 4.69) is 25.9 Å². The van der Waals surface area contributed by atoms with Gasteiger partial charge in [0.25, 0.3) is 0 Å². The van der Waals surface area contributed by atoms with E-state index in [1.165, 1.54) is 0 Å². The Balaban J connectivity index is 2.59. The molecule has 4 heteroatoms. The van der Waals surface area contributed by atoms with Crippen LogP contribution in [0.3, 0.4) is 0 Å². The van der Waals surface area contributed by atoms with Crippen molar-refractivity contribution in [3.05, 3.63) is 41.0 Å². The van der Waals surface area contributed by atoms with Crippen LogP contribution in [0, 0.1) is 6.92 Å². The molecule has 0 aromatic carbocycles. The molecule has 0 N–H and O–H groups in total. The molecule has 13 heavy (non-hydrogen) atoms. The van der Waals surface area contributed by atoms with Gasteiger partial charge in [-0.1, -0.05) is 0 Å². The smallest absolute Gasteiger partial charge is 0.152 e. The molecule has 0 aliphatic heterocycles. The molecule has 0 fully saturated rings. The third kappa shape index (κ3) is 1.49. The van der Waals surface area contributed by atoms with Crippen molar-refractivity contribution in [1.82, 2.24) is 14.5 Å². The van der Waals surface area contributed by atoms with Gasteiger partial charge in [0.15, 0.2) is 5.82 Å². The molecule has 0 saturated heterocycles. The van der Waals surface area contributed by atoms with Crippen LogP contribution < -0.4 is 0 Å². The Labute approximate surface area is 84.6 Å². The van der Waals surface area contributed by atoms with Crippen molar-refractivity contribution in [2.75, 3.05) is 0 Å². The maximum atomic E-state index is 4.26. The first kappa shape index (κ1) is 8.44. The van der Waals surface area contributed by atoms with Gasteiger partial charge in [0.1, 0.15) is 5.82 Å². The van der Waals surface area contributed by atoms with Gasteiger partial charge in [0, 0.05) is 18.6 Å². The Morgan fingerprint density at radius 3 is 2.77 bits per heavy atom. The number of rotatable bonds is 1. The highest BCUT2D eigenvalue weighted by Crippen LogP contribution is 2.18. The van der Waals surface area contributed by atoms with E-state index in [-0.39, 0.29) is 0 Å². The van der Waals surface area contributed by atoms with Gasteiger partial charge >= 0.3 is 0 Å². The zero-order valence-electron chi connectivity index (χ0n) is 7.11. The summed E-state index contributed by atoms with van der Waals surface area (Å²) in [6.07, 6.45) is 5.42. The van der Waals surface area contributed by atoms with E-state index in [0.717, 1.165) is 16.1 Å². The van der Waals surface area contributed by atoms with Crippen LogP contribution in [0.25, 0.3) is 5.82 Å². The van der Waals surface area contributed by atoms with E-state index in [0.29, 0.717) is 0 Å². The number of aromatic nitrogens is 3. The van der Waals surface area contributed by atoms with Crippen LogP contribution in [0.15, 0.2) is 35.2 Å². The largest absolute Gasteiger partial charge is 0.287 e. The summed E-state index contributed by atoms with van der Waals surface area (Å²) < 4.78 is 2.90. The molecule has 0 aliphatic rings. The average Bonchev–Trinajstić information content (AvgIpc) is 2.52. The Morgan fingerprint density at radius 2 is 2.15 bits per heavy atom. The van der Waals surface area contributed by atoms with Gasteiger partial charge in [-0.25, -0.2) is 9.97 Å². The summed E-state index contributed by atoms with van der Waals surface area (Å²) in [5.74, 6) is 1.80. The lowest BCUT2D eigenvalue weighted by Gasteiger charge is -2.04. The summed E-state index contributed by atoms with van der Waals surface area (Å²) >= 11 is 3.44. The number of hydrogen-bond acceptors (Lipinski definition) is 2. The standard InChI is InChI=1S/C9H8BrN3/c1-7-11-5-6-13(7)9-8(10)3-2-4-12-9/h2-6H,1H3. The predicted octanol–water partition coefficient (Wildman–Crippen LogP) is 2.34. The van der Waals surface area contributed by atoms with E-state index < -0.39 is 0 Å². The molecular weight excluding hydrogens is 230 g/mol. The summed E-state index contributed by atoms with van der Waals surface area (Å²) in [6.45, 7) is 1.95. The van der Waals surface area contributed by atoms with Crippen molar-refractivity contribution < 1.29 is 0 Å². The van der Waals surface area contributed by atoms with Crippen LogP contribution in [0.4, 0.5) is 0 Å². The molecular formula is C9H8BrN3. The summed E-state index contributed by atoms with van der Waals surface area (Å²) in [4.78, 5) is 8.39. The number of halogens is 1. The molecule has 3 nitrogen and oxygen atoms in total. The second-order valence-electron chi connectivity index (χ2n) is 2.65. The lowest BCUT2D eigenvalue weighted by Crippen LogP contribution is -1.98. The zero-order valence-corrected chi connectivity index (χ0v) is 8.69. The van der Waals surface area contributed by atoms with Crippen LogP contribution in [0.5, 0.6) is 0 Å². The average molecular weight is 238 g/mol. The second-order valence-corrected chi connectivity index (χ2v) is 3.51. The highest BCUT2D eigenvalue weighted by molar-refractivity contribution is 9.10. The lowest BCUT2D eigenvalue weighted by molar-refractivity contribution is 0.926. The molecule has 0 atom stereocenters. The fraction of sp³-hybridized carbons (Fsp3) is 0.111. The molecule has 0 bridgehead atoms. The van der Waals surface area contributed by atoms with Crippen molar-refractivity contribution in [3.8, 4) is 5.82 Å². The van der Waals surface area contributed by atoms with E-state index in [1.54, 1.807) is 12.4 Å². The molecule has 0 amide bonds. The van der Waals surface area contributed by atoms with Crippen LogP contribution in [-0.4, -0.2) is 14.5 Å². The molecule has 66 valence electrons. The molecule has 0 radical (unpaired) electrons. The van der Waals surface area contributed by atoms with Gasteiger partial charge in [-0.15, -0.1) is 0 Å². The quantitative estimate of drug-likeness (QED) is 0.763. The highest BCUT2D eigenvalue weighted by atomic mass is 79.9. The van der Waals surface area contributed by atoms with Gasteiger partial charge in [-0.2, -0.15) is 0 Å². The highest BCUT2D eigenvalue weighted by Gasteiger charge is 2.04. The Morgan fingerprint density at radius 1 is 1.31 bits per heavy atom. The predicted molar refractivity (Wildman–Crippen MR) is 53.8 cm³/mol. The van der Waals surface area contributed by atoms with Crippen molar-refractivity contribution in [2.45, 2.75) is 6.92 Å². The molecule has 0 aliphatic carbocycles. The molecule has 2 aromatic heterocycles. The monoisotopic (exact) mass is 237 g/mol. The third-order valence-corrected chi connectivity index (χ3v) is 2.41. The van der Waals surface area contributed by atoms with Gasteiger partial charge < -0.3 is 0 Å². The summed E-state index contributed by atoms with van der Waals surface area (Å²) in [5, 5.41) is 0. The summed E-state index contributed by atoms with van der Waals surface area (Å²) in [7, 11) is 0. The van der Waals surface area contributed by atoms with Gasteiger partial charge in [0.2, 0.25) is 0 Å². The normalized spacial score (nSPS) is 10.3. The molecule has 2 aromatic rings. The summed E-state index contributed by atoms with van der Waals surface area (Å²) in [6, 6.07) is 3.85. The Bertz CT molecular complexity index is 422. The van der Waals surface area contributed by atoms with Crippen molar-refractivity contribution in [1.29, 1.82) is 0 Å². The van der Waals surface area contributed by atoms with Gasteiger partial charge in [-0.3, -0.25) is 4.57 Å². The SMILES string of the molecule is Cc1nccn1-c1ncccc1Br. The second kappa shape index (κ2) is 3.30. The van der Waals surface area contributed by atoms with E-state index in [9.17, 15) is 0 Å². The molecule has 0 unspecified atom stereocenters. The zero-order chi connectivity index (χ0) is 9.26. The first-order valence-corrected chi connectivity index (χ1v) is 4.69. The van der Waals surface area contributed by atoms with E-state index in [4.69, 9.17) is 0 Å². The third-order valence-electron chi connectivity index (χ3n) is 1.79. The Kier molecular flexibility index (Phi) is 2.14. The van der Waals surface area contributed by atoms with Crippen LogP contribution in [0.1, 0.15) is 5.82 Å². The summed E-state index contributed by atoms with van der Waals surface area (Å²) in [5.41, 5.74) is 0. The maximum Gasteiger partial charge on any atom is 0.152 e. The van der Waals surface area contributed by atoms with E-state index in [1.807, 2.05) is 29.8 Å². The van der Waals surface area contributed by atoms with Crippen molar-refractivity contribution in [3.63, 3.8) is 0 Å². The number of aryl methyl sites for hydroxylation is 1. The molecule has 0 saturated carbocycles. The maximum absolute atomic E-state index is 4.26. The van der Waals surface area contributed by atoms with Crippen LogP contribution >= 0.6 is 15.9 Å². The number of pyridine rings is 1. The minimum absolute atomic E-state index is 0.873. The lowest BCUT2D eigenvalue weighted by atomic mass is 10.4. The van der Waals surface area contributed by atoms with Crippen molar-refractivity contribution in [2.24, 2.45) is 0 Å². The van der Waals surface area contributed by atoms with Crippen LogP contribution in [0.2, 0.25) is 0 Å². The molecule has 2 heterocycles. The molecule has 0 spiro atoms. The fourth-order valence-corrected chi connectivity index (χ4v) is 1.60. The minimum Gasteiger partial charge on any atom is -0.287 e. The van der Waals surface area contributed by atoms with Gasteiger partial charge in [0.05, 0.1) is 4.47 Å².